The summed E-state index contributed by atoms with van der Waals surface area (Å²) in [4.78, 5) is 51.7. The standard InChI is InChI=1S/C32H22Cl3N3O6/c33-21-6-8-22(9-7-21)36-28(39)18-44-29-26(34)15-20(16-27(29)35)14-25-30(40)37-32(42)38(31(25)41)23-10-12-24(13-11-23)43-17-19-4-2-1-3-5-19/h1-16H,17-18H2,(H,36,39)(H,37,40,42)/b25-14+. The van der Waals surface area contributed by atoms with E-state index in [-0.39, 0.29) is 32.6 Å². The first-order valence-electron chi connectivity index (χ1n) is 13.0. The van der Waals surface area contributed by atoms with Crippen LogP contribution in [0.15, 0.2) is 96.6 Å². The van der Waals surface area contributed by atoms with E-state index in [0.29, 0.717) is 23.1 Å². The predicted molar refractivity (Wildman–Crippen MR) is 168 cm³/mol. The summed E-state index contributed by atoms with van der Waals surface area (Å²) in [6, 6.07) is 24.3. The molecular weight excluding hydrogens is 629 g/mol. The number of amides is 5. The maximum atomic E-state index is 13.3. The van der Waals surface area contributed by atoms with Crippen LogP contribution in [0.2, 0.25) is 15.1 Å². The number of imide groups is 2. The van der Waals surface area contributed by atoms with Crippen LogP contribution in [0.5, 0.6) is 11.5 Å². The van der Waals surface area contributed by atoms with Gasteiger partial charge in [-0.05, 0) is 77.9 Å². The molecule has 1 aliphatic heterocycles. The molecule has 1 fully saturated rings. The molecule has 1 saturated heterocycles. The molecular formula is C32H22Cl3N3O6. The SMILES string of the molecule is O=C(COc1c(Cl)cc(/C=C2\C(=O)NC(=O)N(c3ccc(OCc4ccccc4)cc3)C2=O)cc1Cl)Nc1ccc(Cl)cc1. The molecule has 0 aromatic heterocycles. The summed E-state index contributed by atoms with van der Waals surface area (Å²) < 4.78 is 11.3. The number of ether oxygens (including phenoxy) is 2. The number of barbiturate groups is 1. The Morgan fingerprint density at radius 2 is 1.50 bits per heavy atom. The summed E-state index contributed by atoms with van der Waals surface area (Å²) in [5.41, 5.74) is 1.70. The topological polar surface area (TPSA) is 114 Å². The average molecular weight is 651 g/mol. The van der Waals surface area contributed by atoms with Gasteiger partial charge in [0.1, 0.15) is 17.9 Å². The Labute approximate surface area is 266 Å². The first-order chi connectivity index (χ1) is 21.2. The van der Waals surface area contributed by atoms with Gasteiger partial charge in [-0.15, -0.1) is 0 Å². The molecule has 1 aliphatic rings. The smallest absolute Gasteiger partial charge is 0.335 e. The highest BCUT2D eigenvalue weighted by molar-refractivity contribution is 6.40. The monoisotopic (exact) mass is 649 g/mol. The van der Waals surface area contributed by atoms with Gasteiger partial charge in [-0.1, -0.05) is 65.1 Å². The van der Waals surface area contributed by atoms with Crippen molar-refractivity contribution in [2.45, 2.75) is 6.61 Å². The van der Waals surface area contributed by atoms with Crippen LogP contribution < -0.4 is 25.0 Å². The zero-order valence-corrected chi connectivity index (χ0v) is 25.0. The maximum absolute atomic E-state index is 13.3. The molecule has 4 aromatic carbocycles. The molecule has 0 unspecified atom stereocenters. The number of urea groups is 1. The van der Waals surface area contributed by atoms with Gasteiger partial charge in [-0.2, -0.15) is 0 Å². The quantitative estimate of drug-likeness (QED) is 0.150. The number of halogens is 3. The Kier molecular flexibility index (Phi) is 9.50. The number of anilines is 2. The van der Waals surface area contributed by atoms with Crippen molar-refractivity contribution in [3.8, 4) is 11.5 Å². The number of carbonyl (C=O) groups excluding carboxylic acids is 4. The van der Waals surface area contributed by atoms with E-state index >= 15 is 0 Å². The molecule has 4 aromatic rings. The van der Waals surface area contributed by atoms with Gasteiger partial charge >= 0.3 is 6.03 Å². The number of benzene rings is 4. The largest absolute Gasteiger partial charge is 0.489 e. The van der Waals surface area contributed by atoms with Gasteiger partial charge in [0.05, 0.1) is 15.7 Å². The lowest BCUT2D eigenvalue weighted by atomic mass is 10.1. The van der Waals surface area contributed by atoms with Crippen molar-refractivity contribution < 1.29 is 28.7 Å². The van der Waals surface area contributed by atoms with Crippen molar-refractivity contribution in [2.24, 2.45) is 0 Å². The normalized spacial score (nSPS) is 13.9. The highest BCUT2D eigenvalue weighted by Crippen LogP contribution is 2.35. The van der Waals surface area contributed by atoms with Gasteiger partial charge in [0.15, 0.2) is 12.4 Å². The number of carbonyl (C=O) groups is 4. The number of nitrogens with zero attached hydrogens (tertiary/aromatic N) is 1. The molecule has 12 heteroatoms. The summed E-state index contributed by atoms with van der Waals surface area (Å²) in [6.45, 7) is -0.0488. The van der Waals surface area contributed by atoms with E-state index in [1.807, 2.05) is 30.3 Å². The van der Waals surface area contributed by atoms with Crippen molar-refractivity contribution in [3.63, 3.8) is 0 Å². The van der Waals surface area contributed by atoms with Gasteiger partial charge < -0.3 is 14.8 Å². The highest BCUT2D eigenvalue weighted by Gasteiger charge is 2.37. The summed E-state index contributed by atoms with van der Waals surface area (Å²) in [6.07, 6.45) is 1.25. The lowest BCUT2D eigenvalue weighted by Gasteiger charge is -2.26. The number of hydrogen-bond donors (Lipinski definition) is 2. The Morgan fingerprint density at radius 3 is 2.16 bits per heavy atom. The van der Waals surface area contributed by atoms with Crippen molar-refractivity contribution in [3.05, 3.63) is 123 Å². The van der Waals surface area contributed by atoms with Crippen LogP contribution in [0.25, 0.3) is 6.08 Å². The predicted octanol–water partition coefficient (Wildman–Crippen LogP) is 6.91. The first-order valence-corrected chi connectivity index (χ1v) is 14.2. The van der Waals surface area contributed by atoms with Crippen LogP contribution in [0.1, 0.15) is 11.1 Å². The van der Waals surface area contributed by atoms with E-state index in [2.05, 4.69) is 10.6 Å². The van der Waals surface area contributed by atoms with Crippen LogP contribution in [-0.4, -0.2) is 30.4 Å². The molecule has 5 rings (SSSR count). The third-order valence-electron chi connectivity index (χ3n) is 6.25. The highest BCUT2D eigenvalue weighted by atomic mass is 35.5. The van der Waals surface area contributed by atoms with Gasteiger partial charge in [-0.3, -0.25) is 19.7 Å². The lowest BCUT2D eigenvalue weighted by Crippen LogP contribution is -2.54. The fourth-order valence-corrected chi connectivity index (χ4v) is 4.90. The molecule has 9 nitrogen and oxygen atoms in total. The molecule has 222 valence electrons. The minimum atomic E-state index is -0.896. The van der Waals surface area contributed by atoms with Crippen molar-refractivity contribution in [1.29, 1.82) is 0 Å². The second kappa shape index (κ2) is 13.6. The fraction of sp³-hybridized carbons (Fsp3) is 0.0625. The molecule has 1 heterocycles. The average Bonchev–Trinajstić information content (AvgIpc) is 3.00. The van der Waals surface area contributed by atoms with Gasteiger partial charge in [0.2, 0.25) is 0 Å². The minimum Gasteiger partial charge on any atom is -0.489 e. The van der Waals surface area contributed by atoms with Crippen LogP contribution in [0.3, 0.4) is 0 Å². The van der Waals surface area contributed by atoms with Crippen LogP contribution >= 0.6 is 34.8 Å². The molecule has 0 spiro atoms. The van der Waals surface area contributed by atoms with Crippen molar-refractivity contribution in [2.75, 3.05) is 16.8 Å². The third kappa shape index (κ3) is 7.38. The summed E-state index contributed by atoms with van der Waals surface area (Å²) in [5.74, 6) is -1.62. The summed E-state index contributed by atoms with van der Waals surface area (Å²) in [7, 11) is 0. The Balaban J connectivity index is 1.27. The van der Waals surface area contributed by atoms with Crippen LogP contribution in [-0.2, 0) is 21.0 Å². The van der Waals surface area contributed by atoms with E-state index in [4.69, 9.17) is 44.3 Å². The molecule has 0 radical (unpaired) electrons. The van der Waals surface area contributed by atoms with E-state index in [1.54, 1.807) is 36.4 Å². The molecule has 44 heavy (non-hydrogen) atoms. The number of nitrogens with one attached hydrogen (secondary N) is 2. The maximum Gasteiger partial charge on any atom is 0.335 e. The van der Waals surface area contributed by atoms with E-state index < -0.39 is 30.4 Å². The van der Waals surface area contributed by atoms with E-state index in [1.165, 1.54) is 30.3 Å². The Morgan fingerprint density at radius 1 is 0.841 bits per heavy atom. The van der Waals surface area contributed by atoms with Gasteiger partial charge in [0.25, 0.3) is 17.7 Å². The van der Waals surface area contributed by atoms with E-state index in [9.17, 15) is 19.2 Å². The minimum absolute atomic E-state index is 0.0336. The fourth-order valence-electron chi connectivity index (χ4n) is 4.16. The summed E-state index contributed by atoms with van der Waals surface area (Å²) in [5, 5.41) is 5.42. The second-order valence-electron chi connectivity index (χ2n) is 9.38. The molecule has 0 bridgehead atoms. The molecule has 0 saturated carbocycles. The van der Waals surface area contributed by atoms with Crippen molar-refractivity contribution in [1.82, 2.24) is 5.32 Å². The van der Waals surface area contributed by atoms with Gasteiger partial charge in [-0.25, -0.2) is 9.69 Å². The second-order valence-corrected chi connectivity index (χ2v) is 10.6. The van der Waals surface area contributed by atoms with Crippen molar-refractivity contribution >= 4 is 76.0 Å². The summed E-state index contributed by atoms with van der Waals surface area (Å²) >= 11 is 18.6. The first kappa shape index (κ1) is 30.6. The molecule has 5 amide bonds. The molecule has 0 atom stereocenters. The van der Waals surface area contributed by atoms with E-state index in [0.717, 1.165) is 10.5 Å². The van der Waals surface area contributed by atoms with Crippen LogP contribution in [0.4, 0.5) is 16.2 Å². The van der Waals surface area contributed by atoms with Crippen LogP contribution in [0, 0.1) is 0 Å². The Hall–Kier alpha value is -4.83. The molecule has 2 N–H and O–H groups in total. The Bertz CT molecular complexity index is 1740. The molecule has 0 aliphatic carbocycles. The number of rotatable bonds is 9. The number of hydrogen-bond acceptors (Lipinski definition) is 6. The zero-order valence-electron chi connectivity index (χ0n) is 22.7. The lowest BCUT2D eigenvalue weighted by molar-refractivity contribution is -0.122. The zero-order chi connectivity index (χ0) is 31.2. The third-order valence-corrected chi connectivity index (χ3v) is 7.07. The van der Waals surface area contributed by atoms with Gasteiger partial charge in [0, 0.05) is 10.7 Å².